The van der Waals surface area contributed by atoms with Crippen molar-refractivity contribution in [1.29, 1.82) is 0 Å². The van der Waals surface area contributed by atoms with Crippen LogP contribution in [0.5, 0.6) is 5.75 Å². The molecule has 0 radical (unpaired) electrons. The van der Waals surface area contributed by atoms with Crippen LogP contribution in [0.1, 0.15) is 6.42 Å². The molecule has 0 bridgehead atoms. The SMILES string of the molecule is O=C(CNC(=O)C1CC(=O)N(c2ccc(F)cc2)C1)Nc1ccc(O)cc1. The second kappa shape index (κ2) is 7.86. The minimum absolute atomic E-state index is 0.0305. The number of carbonyl (C=O) groups excluding carboxylic acids is 3. The van der Waals surface area contributed by atoms with E-state index < -0.39 is 23.5 Å². The summed E-state index contributed by atoms with van der Waals surface area (Å²) in [5.41, 5.74) is 1.02. The molecule has 0 aliphatic carbocycles. The molecular formula is C19H18FN3O4. The molecule has 1 aliphatic rings. The Kier molecular flexibility index (Phi) is 5.35. The van der Waals surface area contributed by atoms with Crippen molar-refractivity contribution in [3.8, 4) is 5.75 Å². The smallest absolute Gasteiger partial charge is 0.243 e. The summed E-state index contributed by atoms with van der Waals surface area (Å²) in [5.74, 6) is -1.95. The predicted molar refractivity (Wildman–Crippen MR) is 96.6 cm³/mol. The molecule has 27 heavy (non-hydrogen) atoms. The van der Waals surface area contributed by atoms with Crippen molar-refractivity contribution < 1.29 is 23.9 Å². The van der Waals surface area contributed by atoms with Gasteiger partial charge in [-0.25, -0.2) is 4.39 Å². The van der Waals surface area contributed by atoms with Crippen LogP contribution in [0, 0.1) is 11.7 Å². The number of nitrogens with zero attached hydrogens (tertiary/aromatic N) is 1. The Morgan fingerprint density at radius 1 is 1.11 bits per heavy atom. The molecule has 0 spiro atoms. The lowest BCUT2D eigenvalue weighted by Gasteiger charge is -2.16. The summed E-state index contributed by atoms with van der Waals surface area (Å²) in [5, 5.41) is 14.3. The van der Waals surface area contributed by atoms with Crippen LogP contribution in [0.2, 0.25) is 0 Å². The predicted octanol–water partition coefficient (Wildman–Crippen LogP) is 1.64. The maximum Gasteiger partial charge on any atom is 0.243 e. The highest BCUT2D eigenvalue weighted by atomic mass is 19.1. The number of phenolic OH excluding ortho intramolecular Hbond substituents is 1. The van der Waals surface area contributed by atoms with E-state index in [2.05, 4.69) is 10.6 Å². The molecule has 1 atom stereocenters. The van der Waals surface area contributed by atoms with Gasteiger partial charge in [0.25, 0.3) is 0 Å². The first-order valence-corrected chi connectivity index (χ1v) is 8.35. The van der Waals surface area contributed by atoms with Gasteiger partial charge in [0.05, 0.1) is 12.5 Å². The molecule has 3 rings (SSSR count). The molecule has 8 heteroatoms. The fourth-order valence-corrected chi connectivity index (χ4v) is 2.82. The zero-order chi connectivity index (χ0) is 19.4. The van der Waals surface area contributed by atoms with Gasteiger partial charge in [-0.05, 0) is 48.5 Å². The second-order valence-electron chi connectivity index (χ2n) is 6.19. The molecule has 140 valence electrons. The molecule has 2 aromatic carbocycles. The van der Waals surface area contributed by atoms with E-state index in [-0.39, 0.29) is 31.2 Å². The lowest BCUT2D eigenvalue weighted by molar-refractivity contribution is -0.127. The van der Waals surface area contributed by atoms with Crippen molar-refractivity contribution in [3.63, 3.8) is 0 Å². The van der Waals surface area contributed by atoms with E-state index in [9.17, 15) is 23.9 Å². The fraction of sp³-hybridized carbons (Fsp3) is 0.211. The molecule has 1 heterocycles. The molecular weight excluding hydrogens is 353 g/mol. The van der Waals surface area contributed by atoms with Crippen molar-refractivity contribution >= 4 is 29.1 Å². The molecule has 7 nitrogen and oxygen atoms in total. The Labute approximate surface area is 154 Å². The van der Waals surface area contributed by atoms with Gasteiger partial charge in [-0.1, -0.05) is 0 Å². The van der Waals surface area contributed by atoms with Crippen LogP contribution in [0.15, 0.2) is 48.5 Å². The molecule has 1 aliphatic heterocycles. The molecule has 0 saturated carbocycles. The normalized spacial score (nSPS) is 16.3. The van der Waals surface area contributed by atoms with E-state index in [0.29, 0.717) is 11.4 Å². The van der Waals surface area contributed by atoms with Crippen molar-refractivity contribution in [2.45, 2.75) is 6.42 Å². The Balaban J connectivity index is 1.51. The van der Waals surface area contributed by atoms with Crippen LogP contribution in [0.3, 0.4) is 0 Å². The number of aromatic hydroxyl groups is 1. The number of carbonyl (C=O) groups is 3. The molecule has 1 saturated heterocycles. The molecule has 1 unspecified atom stereocenters. The minimum atomic E-state index is -0.580. The summed E-state index contributed by atoms with van der Waals surface area (Å²) in [4.78, 5) is 37.7. The molecule has 3 N–H and O–H groups in total. The standard InChI is InChI=1S/C19H18FN3O4/c20-13-1-5-15(6-2-13)23-11-12(9-18(23)26)19(27)21-10-17(25)22-14-3-7-16(24)8-4-14/h1-8,12,24H,9-11H2,(H,21,27)(H,22,25). The quantitative estimate of drug-likeness (QED) is 0.696. The zero-order valence-corrected chi connectivity index (χ0v) is 14.3. The molecule has 2 aromatic rings. The van der Waals surface area contributed by atoms with Crippen molar-refractivity contribution in [2.24, 2.45) is 5.92 Å². The summed E-state index contributed by atoms with van der Waals surface area (Å²) >= 11 is 0. The first kappa shape index (κ1) is 18.4. The third-order valence-electron chi connectivity index (χ3n) is 4.21. The lowest BCUT2D eigenvalue weighted by Crippen LogP contribution is -2.37. The van der Waals surface area contributed by atoms with Crippen molar-refractivity contribution in [2.75, 3.05) is 23.3 Å². The third-order valence-corrected chi connectivity index (χ3v) is 4.21. The Bertz CT molecular complexity index is 852. The van der Waals surface area contributed by atoms with E-state index in [1.165, 1.54) is 53.4 Å². The number of hydrogen-bond acceptors (Lipinski definition) is 4. The number of phenols is 1. The maximum atomic E-state index is 13.0. The average molecular weight is 371 g/mol. The van der Waals surface area contributed by atoms with Crippen LogP contribution in [-0.4, -0.2) is 35.9 Å². The van der Waals surface area contributed by atoms with Crippen LogP contribution < -0.4 is 15.5 Å². The van der Waals surface area contributed by atoms with E-state index >= 15 is 0 Å². The number of rotatable bonds is 5. The number of hydrogen-bond donors (Lipinski definition) is 3. The minimum Gasteiger partial charge on any atom is -0.508 e. The first-order chi connectivity index (χ1) is 12.9. The van der Waals surface area contributed by atoms with E-state index in [4.69, 9.17) is 0 Å². The van der Waals surface area contributed by atoms with Crippen molar-refractivity contribution in [3.05, 3.63) is 54.3 Å². The molecule has 1 fully saturated rings. The van der Waals surface area contributed by atoms with Gasteiger partial charge in [0.2, 0.25) is 17.7 Å². The largest absolute Gasteiger partial charge is 0.508 e. The fourth-order valence-electron chi connectivity index (χ4n) is 2.82. The van der Waals surface area contributed by atoms with E-state index in [1.54, 1.807) is 0 Å². The van der Waals surface area contributed by atoms with Crippen LogP contribution in [-0.2, 0) is 14.4 Å². The molecule has 0 aromatic heterocycles. The van der Waals surface area contributed by atoms with E-state index in [0.717, 1.165) is 0 Å². The van der Waals surface area contributed by atoms with Crippen LogP contribution in [0.25, 0.3) is 0 Å². The van der Waals surface area contributed by atoms with Gasteiger partial charge in [0.1, 0.15) is 11.6 Å². The lowest BCUT2D eigenvalue weighted by atomic mass is 10.1. The number of anilines is 2. The van der Waals surface area contributed by atoms with Gasteiger partial charge in [-0.15, -0.1) is 0 Å². The number of nitrogens with one attached hydrogen (secondary N) is 2. The summed E-state index contributed by atoms with van der Waals surface area (Å²) in [6.07, 6.45) is 0.0305. The Morgan fingerprint density at radius 3 is 2.44 bits per heavy atom. The van der Waals surface area contributed by atoms with Crippen LogP contribution in [0.4, 0.5) is 15.8 Å². The summed E-state index contributed by atoms with van der Waals surface area (Å²) in [6, 6.07) is 11.4. The molecule has 3 amide bonds. The Hall–Kier alpha value is -3.42. The highest BCUT2D eigenvalue weighted by Gasteiger charge is 2.35. The third kappa shape index (κ3) is 4.60. The van der Waals surface area contributed by atoms with Crippen molar-refractivity contribution in [1.82, 2.24) is 5.32 Å². The topological polar surface area (TPSA) is 98.7 Å². The first-order valence-electron chi connectivity index (χ1n) is 8.35. The second-order valence-corrected chi connectivity index (χ2v) is 6.19. The number of amides is 3. The van der Waals surface area contributed by atoms with E-state index in [1.807, 2.05) is 0 Å². The highest BCUT2D eigenvalue weighted by Crippen LogP contribution is 2.25. The summed E-state index contributed by atoms with van der Waals surface area (Å²) in [7, 11) is 0. The highest BCUT2D eigenvalue weighted by molar-refractivity contribution is 6.01. The number of benzene rings is 2. The van der Waals surface area contributed by atoms with Gasteiger partial charge in [0.15, 0.2) is 0 Å². The van der Waals surface area contributed by atoms with Gasteiger partial charge in [-0.3, -0.25) is 14.4 Å². The van der Waals surface area contributed by atoms with Gasteiger partial charge in [-0.2, -0.15) is 0 Å². The van der Waals surface area contributed by atoms with Crippen LogP contribution >= 0.6 is 0 Å². The average Bonchev–Trinajstić information content (AvgIpc) is 3.04. The number of halogens is 1. The van der Waals surface area contributed by atoms with Gasteiger partial charge in [0, 0.05) is 24.3 Å². The summed E-state index contributed by atoms with van der Waals surface area (Å²) < 4.78 is 13.0. The monoisotopic (exact) mass is 371 g/mol. The maximum absolute atomic E-state index is 13.0. The summed E-state index contributed by atoms with van der Waals surface area (Å²) in [6.45, 7) is -0.0587. The van der Waals surface area contributed by atoms with Gasteiger partial charge < -0.3 is 20.6 Å². The Morgan fingerprint density at radius 2 is 1.78 bits per heavy atom. The van der Waals surface area contributed by atoms with Gasteiger partial charge >= 0.3 is 0 Å². The zero-order valence-electron chi connectivity index (χ0n) is 14.3.